The number of nitrogens with zero attached hydrogens (tertiary/aromatic N) is 1. The van der Waals surface area contributed by atoms with Gasteiger partial charge in [0.2, 0.25) is 0 Å². The molecule has 2 heteroatoms. The van der Waals surface area contributed by atoms with Gasteiger partial charge in [-0.05, 0) is 42.9 Å². The van der Waals surface area contributed by atoms with E-state index in [1.807, 2.05) is 18.2 Å². The smallest absolute Gasteiger partial charge is 0.0827 e. The summed E-state index contributed by atoms with van der Waals surface area (Å²) in [5, 5.41) is 12.3. The van der Waals surface area contributed by atoms with Crippen LogP contribution in [0, 0.1) is 0 Å². The highest BCUT2D eigenvalue weighted by atomic mass is 16.4. The fourth-order valence-electron chi connectivity index (χ4n) is 1.93. The molecule has 0 atom stereocenters. The second kappa shape index (κ2) is 4.78. The zero-order valence-electron chi connectivity index (χ0n) is 8.69. The molecule has 0 heterocycles. The van der Waals surface area contributed by atoms with Gasteiger partial charge in [0.1, 0.15) is 0 Å². The summed E-state index contributed by atoms with van der Waals surface area (Å²) in [6.07, 6.45) is 6.36. The summed E-state index contributed by atoms with van der Waals surface area (Å²) in [4.78, 5) is 0. The van der Waals surface area contributed by atoms with Crippen molar-refractivity contribution in [2.75, 3.05) is 0 Å². The quantitative estimate of drug-likeness (QED) is 0.547. The van der Waals surface area contributed by atoms with Gasteiger partial charge in [-0.1, -0.05) is 35.5 Å². The van der Waals surface area contributed by atoms with E-state index in [-0.39, 0.29) is 0 Å². The minimum atomic E-state index is 0.852. The molecule has 0 unspecified atom stereocenters. The Morgan fingerprint density at radius 1 is 1.07 bits per heavy atom. The van der Waals surface area contributed by atoms with Gasteiger partial charge in [0, 0.05) is 0 Å². The third-order valence-electron chi connectivity index (χ3n) is 2.74. The molecule has 2 nitrogen and oxygen atoms in total. The molecule has 1 fully saturated rings. The molecule has 1 aliphatic rings. The Morgan fingerprint density at radius 2 is 1.80 bits per heavy atom. The number of allylic oxidation sites excluding steroid dienone is 1. The normalized spacial score (nSPS) is 22.1. The third-order valence-corrected chi connectivity index (χ3v) is 2.74. The molecular weight excluding hydrogens is 186 g/mol. The van der Waals surface area contributed by atoms with Crippen molar-refractivity contribution in [2.45, 2.75) is 25.7 Å². The van der Waals surface area contributed by atoms with Crippen molar-refractivity contribution in [1.82, 2.24) is 0 Å². The summed E-state index contributed by atoms with van der Waals surface area (Å²) >= 11 is 0. The van der Waals surface area contributed by atoms with E-state index in [2.05, 4.69) is 23.4 Å². The molecule has 0 saturated heterocycles. The van der Waals surface area contributed by atoms with Crippen LogP contribution in [0.2, 0.25) is 0 Å². The molecule has 1 aromatic carbocycles. The molecule has 1 aromatic rings. The Labute approximate surface area is 89.9 Å². The van der Waals surface area contributed by atoms with Crippen molar-refractivity contribution in [3.8, 4) is 0 Å². The van der Waals surface area contributed by atoms with Crippen LogP contribution >= 0.6 is 0 Å². The zero-order chi connectivity index (χ0) is 10.5. The third kappa shape index (κ3) is 2.46. The van der Waals surface area contributed by atoms with E-state index in [9.17, 15) is 0 Å². The van der Waals surface area contributed by atoms with Crippen molar-refractivity contribution >= 4 is 11.8 Å². The van der Waals surface area contributed by atoms with Crippen LogP contribution in [0.15, 0.2) is 41.1 Å². The van der Waals surface area contributed by atoms with Crippen LogP contribution in [0.5, 0.6) is 0 Å². The molecule has 78 valence electrons. The Kier molecular flexibility index (Phi) is 3.18. The molecule has 2 rings (SSSR count). The van der Waals surface area contributed by atoms with Crippen molar-refractivity contribution in [2.24, 2.45) is 5.16 Å². The number of oxime groups is 1. The molecule has 0 amide bonds. The molecule has 0 aromatic heterocycles. The fourth-order valence-corrected chi connectivity index (χ4v) is 1.93. The first-order valence-electron chi connectivity index (χ1n) is 5.37. The van der Waals surface area contributed by atoms with Gasteiger partial charge in [-0.15, -0.1) is 0 Å². The van der Waals surface area contributed by atoms with Gasteiger partial charge < -0.3 is 5.21 Å². The van der Waals surface area contributed by atoms with Gasteiger partial charge in [0.15, 0.2) is 0 Å². The van der Waals surface area contributed by atoms with Gasteiger partial charge in [-0.3, -0.25) is 0 Å². The summed E-state index contributed by atoms with van der Waals surface area (Å²) in [7, 11) is 0. The van der Waals surface area contributed by atoms with Gasteiger partial charge in [0.05, 0.1) is 5.71 Å². The van der Waals surface area contributed by atoms with Crippen molar-refractivity contribution in [3.05, 3.63) is 41.5 Å². The first-order valence-corrected chi connectivity index (χ1v) is 5.37. The van der Waals surface area contributed by atoms with E-state index in [1.165, 1.54) is 17.6 Å². The van der Waals surface area contributed by atoms with Crippen LogP contribution in [-0.2, 0) is 0 Å². The minimum Gasteiger partial charge on any atom is -0.411 e. The highest BCUT2D eigenvalue weighted by Gasteiger charge is 2.13. The first kappa shape index (κ1) is 9.97. The van der Waals surface area contributed by atoms with Gasteiger partial charge in [-0.25, -0.2) is 0 Å². The lowest BCUT2D eigenvalue weighted by Gasteiger charge is -2.15. The lowest BCUT2D eigenvalue weighted by atomic mass is 9.91. The maximum atomic E-state index is 8.89. The van der Waals surface area contributed by atoms with Gasteiger partial charge in [0.25, 0.3) is 0 Å². The molecule has 0 aliphatic heterocycles. The maximum Gasteiger partial charge on any atom is 0.0827 e. The number of rotatable bonds is 1. The largest absolute Gasteiger partial charge is 0.411 e. The van der Waals surface area contributed by atoms with E-state index in [0.29, 0.717) is 0 Å². The van der Waals surface area contributed by atoms with Gasteiger partial charge in [-0.2, -0.15) is 0 Å². The topological polar surface area (TPSA) is 32.6 Å². The van der Waals surface area contributed by atoms with E-state index < -0.39 is 0 Å². The highest BCUT2D eigenvalue weighted by molar-refractivity contribution is 6.03. The van der Waals surface area contributed by atoms with Crippen LogP contribution in [-0.4, -0.2) is 10.9 Å². The number of hydrogen-bond acceptors (Lipinski definition) is 2. The average Bonchev–Trinajstić information content (AvgIpc) is 2.31. The lowest BCUT2D eigenvalue weighted by Crippen LogP contribution is -2.08. The van der Waals surface area contributed by atoms with E-state index in [4.69, 9.17) is 5.21 Å². The molecule has 0 bridgehead atoms. The van der Waals surface area contributed by atoms with Crippen LogP contribution in [0.25, 0.3) is 6.08 Å². The molecule has 15 heavy (non-hydrogen) atoms. The van der Waals surface area contributed by atoms with E-state index >= 15 is 0 Å². The lowest BCUT2D eigenvalue weighted by molar-refractivity contribution is 0.316. The van der Waals surface area contributed by atoms with Crippen molar-refractivity contribution in [1.29, 1.82) is 0 Å². The number of benzene rings is 1. The summed E-state index contributed by atoms with van der Waals surface area (Å²) in [5.41, 5.74) is 3.20. The van der Waals surface area contributed by atoms with E-state index in [0.717, 1.165) is 25.0 Å². The summed E-state index contributed by atoms with van der Waals surface area (Å²) in [6, 6.07) is 10.2. The maximum absolute atomic E-state index is 8.89. The number of hydrogen-bond donors (Lipinski definition) is 1. The van der Waals surface area contributed by atoms with Crippen LogP contribution in [0.3, 0.4) is 0 Å². The Morgan fingerprint density at radius 3 is 2.53 bits per heavy atom. The fraction of sp³-hybridized carbons (Fsp3) is 0.308. The predicted octanol–water partition coefficient (Wildman–Crippen LogP) is 3.47. The molecule has 1 N–H and O–H groups in total. The monoisotopic (exact) mass is 201 g/mol. The second-order valence-electron chi connectivity index (χ2n) is 3.83. The SMILES string of the molecule is O/N=C1/CCCC/C1=C/c1ccccc1. The summed E-state index contributed by atoms with van der Waals surface area (Å²) < 4.78 is 0. The molecule has 1 saturated carbocycles. The highest BCUT2D eigenvalue weighted by Crippen LogP contribution is 2.23. The molecule has 1 aliphatic carbocycles. The van der Waals surface area contributed by atoms with E-state index in [1.54, 1.807) is 0 Å². The second-order valence-corrected chi connectivity index (χ2v) is 3.83. The van der Waals surface area contributed by atoms with Crippen LogP contribution in [0.1, 0.15) is 31.2 Å². The summed E-state index contributed by atoms with van der Waals surface area (Å²) in [5.74, 6) is 0. The minimum absolute atomic E-state index is 0.852. The Bertz CT molecular complexity index is 379. The Hall–Kier alpha value is -1.57. The van der Waals surface area contributed by atoms with Crippen LogP contribution < -0.4 is 0 Å². The molecular formula is C13H15NO. The van der Waals surface area contributed by atoms with Crippen molar-refractivity contribution in [3.63, 3.8) is 0 Å². The Balaban J connectivity index is 2.25. The predicted molar refractivity (Wildman–Crippen MR) is 62.1 cm³/mol. The molecule has 0 spiro atoms. The van der Waals surface area contributed by atoms with Crippen molar-refractivity contribution < 1.29 is 5.21 Å². The standard InChI is InChI=1S/C13H15NO/c15-14-13-9-5-4-8-12(13)10-11-6-2-1-3-7-11/h1-3,6-7,10,15H,4-5,8-9H2/b12-10-,14-13-. The first-order chi connectivity index (χ1) is 7.40. The van der Waals surface area contributed by atoms with Crippen LogP contribution in [0.4, 0.5) is 0 Å². The summed E-state index contributed by atoms with van der Waals surface area (Å²) in [6.45, 7) is 0. The van der Waals surface area contributed by atoms with Gasteiger partial charge >= 0.3 is 0 Å². The zero-order valence-corrected chi connectivity index (χ0v) is 8.69. The average molecular weight is 201 g/mol. The molecule has 0 radical (unpaired) electrons.